The molecule has 2 N–H and O–H groups in total. The van der Waals surface area contributed by atoms with Crippen LogP contribution in [0.4, 0.5) is 16.4 Å². The number of amidine groups is 1. The molecule has 0 atom stereocenters. The lowest BCUT2D eigenvalue weighted by Gasteiger charge is -2.36. The first kappa shape index (κ1) is 17.1. The molecule has 7 heteroatoms. The molecule has 136 valence electrons. The van der Waals surface area contributed by atoms with Gasteiger partial charge in [0.15, 0.2) is 0 Å². The van der Waals surface area contributed by atoms with Gasteiger partial charge in [-0.25, -0.2) is 4.99 Å². The number of aliphatic carboxylic acids is 1. The molecule has 1 aromatic heterocycles. The van der Waals surface area contributed by atoms with Crippen LogP contribution in [0, 0.1) is 6.92 Å². The largest absolute Gasteiger partial charge is 0.481 e. The number of nitrogens with zero attached hydrogens (tertiary/aromatic N) is 3. The molecular weight excluding hydrogens is 348 g/mol. The van der Waals surface area contributed by atoms with E-state index in [1.54, 1.807) is 11.3 Å². The highest BCUT2D eigenvalue weighted by Gasteiger charge is 2.26. The summed E-state index contributed by atoms with van der Waals surface area (Å²) >= 11 is 1.75. The number of nitrogens with one attached hydrogen (secondary N) is 1. The van der Waals surface area contributed by atoms with Gasteiger partial charge in [0.1, 0.15) is 10.8 Å². The molecule has 26 heavy (non-hydrogen) atoms. The van der Waals surface area contributed by atoms with Crippen molar-refractivity contribution >= 4 is 39.5 Å². The highest BCUT2D eigenvalue weighted by Crippen LogP contribution is 2.39. The molecule has 0 radical (unpaired) electrons. The van der Waals surface area contributed by atoms with Gasteiger partial charge in [-0.2, -0.15) is 0 Å². The van der Waals surface area contributed by atoms with Crippen LogP contribution in [0.15, 0.2) is 35.3 Å². The lowest BCUT2D eigenvalue weighted by atomic mass is 10.2. The molecule has 0 saturated carbocycles. The van der Waals surface area contributed by atoms with Gasteiger partial charge in [0.2, 0.25) is 0 Å². The highest BCUT2D eigenvalue weighted by molar-refractivity contribution is 7.16. The Kier molecular flexibility index (Phi) is 4.65. The normalized spacial score (nSPS) is 17.0. The van der Waals surface area contributed by atoms with Crippen molar-refractivity contribution in [1.82, 2.24) is 9.80 Å². The average Bonchev–Trinajstić information content (AvgIpc) is 2.92. The van der Waals surface area contributed by atoms with Crippen molar-refractivity contribution in [2.45, 2.75) is 13.3 Å². The Morgan fingerprint density at radius 2 is 2.04 bits per heavy atom. The van der Waals surface area contributed by atoms with Gasteiger partial charge in [0, 0.05) is 37.6 Å². The molecule has 1 saturated heterocycles. The SMILES string of the molecule is Cc1cc2c(s1)Nc1ccccc1N=C2N1CCN(CCC(=O)O)CC1. The maximum Gasteiger partial charge on any atom is 0.304 e. The molecule has 2 aliphatic rings. The Hall–Kier alpha value is -2.38. The van der Waals surface area contributed by atoms with E-state index in [1.165, 1.54) is 4.88 Å². The quantitative estimate of drug-likeness (QED) is 0.868. The fourth-order valence-electron chi connectivity index (χ4n) is 3.42. The zero-order valence-electron chi connectivity index (χ0n) is 14.7. The molecule has 4 rings (SSSR count). The maximum atomic E-state index is 10.8. The molecule has 1 fully saturated rings. The first-order valence-corrected chi connectivity index (χ1v) is 9.66. The molecule has 2 aromatic rings. The molecule has 3 heterocycles. The lowest BCUT2D eigenvalue weighted by molar-refractivity contribution is -0.137. The molecule has 1 aromatic carbocycles. The number of thiophene rings is 1. The molecule has 0 bridgehead atoms. The van der Waals surface area contributed by atoms with Crippen LogP contribution in [-0.4, -0.2) is 59.4 Å². The van der Waals surface area contributed by atoms with E-state index in [2.05, 4.69) is 34.2 Å². The Balaban J connectivity index is 1.59. The van der Waals surface area contributed by atoms with E-state index >= 15 is 0 Å². The lowest BCUT2D eigenvalue weighted by Crippen LogP contribution is -2.49. The van der Waals surface area contributed by atoms with E-state index in [0.717, 1.165) is 54.0 Å². The topological polar surface area (TPSA) is 68.2 Å². The first-order valence-electron chi connectivity index (χ1n) is 8.85. The number of piperazine rings is 1. The number of aliphatic imine (C=N–C) groups is 1. The molecule has 0 unspecified atom stereocenters. The van der Waals surface area contributed by atoms with Crippen LogP contribution in [0.5, 0.6) is 0 Å². The third kappa shape index (κ3) is 3.45. The van der Waals surface area contributed by atoms with E-state index in [1.807, 2.05) is 18.2 Å². The van der Waals surface area contributed by atoms with Crippen molar-refractivity contribution in [3.63, 3.8) is 0 Å². The highest BCUT2D eigenvalue weighted by atomic mass is 32.1. The number of benzene rings is 1. The van der Waals surface area contributed by atoms with Crippen LogP contribution in [0.1, 0.15) is 16.9 Å². The summed E-state index contributed by atoms with van der Waals surface area (Å²) in [5.41, 5.74) is 3.14. The van der Waals surface area contributed by atoms with Crippen molar-refractivity contribution in [2.24, 2.45) is 4.99 Å². The number of anilines is 2. The molecule has 0 spiro atoms. The number of fused-ring (bicyclic) bond motifs is 2. The Morgan fingerprint density at radius 1 is 1.27 bits per heavy atom. The van der Waals surface area contributed by atoms with Crippen molar-refractivity contribution in [3.8, 4) is 0 Å². The fourth-order valence-corrected chi connectivity index (χ4v) is 4.34. The molecule has 0 aliphatic carbocycles. The standard InChI is InChI=1S/C19H22N4O2S/c1-13-12-14-18(23-10-8-22(9-11-23)7-6-17(24)25)20-15-4-2-3-5-16(15)21-19(14)26-13/h2-5,12,21H,6-11H2,1H3,(H,24,25). The zero-order chi connectivity index (χ0) is 18.1. The van der Waals surface area contributed by atoms with Crippen LogP contribution < -0.4 is 5.32 Å². The van der Waals surface area contributed by atoms with E-state index in [4.69, 9.17) is 10.1 Å². The van der Waals surface area contributed by atoms with E-state index in [-0.39, 0.29) is 6.42 Å². The molecular formula is C19H22N4O2S. The Labute approximate surface area is 156 Å². The van der Waals surface area contributed by atoms with Crippen LogP contribution in [0.2, 0.25) is 0 Å². The van der Waals surface area contributed by atoms with Gasteiger partial charge >= 0.3 is 5.97 Å². The van der Waals surface area contributed by atoms with Crippen molar-refractivity contribution in [3.05, 3.63) is 40.8 Å². The van der Waals surface area contributed by atoms with Crippen LogP contribution >= 0.6 is 11.3 Å². The second kappa shape index (κ2) is 7.09. The summed E-state index contributed by atoms with van der Waals surface area (Å²) in [7, 11) is 0. The monoisotopic (exact) mass is 370 g/mol. The van der Waals surface area contributed by atoms with Gasteiger partial charge in [-0.15, -0.1) is 11.3 Å². The third-order valence-electron chi connectivity index (χ3n) is 4.79. The van der Waals surface area contributed by atoms with E-state index in [0.29, 0.717) is 6.54 Å². The summed E-state index contributed by atoms with van der Waals surface area (Å²) in [5, 5.41) is 13.5. The Morgan fingerprint density at radius 3 is 2.81 bits per heavy atom. The van der Waals surface area contributed by atoms with Gasteiger partial charge in [-0.3, -0.25) is 9.69 Å². The van der Waals surface area contributed by atoms with Gasteiger partial charge in [0.25, 0.3) is 0 Å². The minimum absolute atomic E-state index is 0.201. The van der Waals surface area contributed by atoms with Crippen molar-refractivity contribution in [2.75, 3.05) is 38.0 Å². The predicted molar refractivity (Wildman–Crippen MR) is 105 cm³/mol. The molecule has 6 nitrogen and oxygen atoms in total. The number of rotatable bonds is 3. The van der Waals surface area contributed by atoms with Gasteiger partial charge < -0.3 is 15.3 Å². The minimum atomic E-state index is -0.735. The number of para-hydroxylation sites is 2. The second-order valence-electron chi connectivity index (χ2n) is 6.65. The summed E-state index contributed by atoms with van der Waals surface area (Å²) in [6, 6.07) is 10.3. The number of hydrogen-bond donors (Lipinski definition) is 2. The second-order valence-corrected chi connectivity index (χ2v) is 7.91. The van der Waals surface area contributed by atoms with E-state index in [9.17, 15) is 4.79 Å². The number of carboxylic acids is 1. The maximum absolute atomic E-state index is 10.8. The smallest absolute Gasteiger partial charge is 0.304 e. The summed E-state index contributed by atoms with van der Waals surface area (Å²) in [4.78, 5) is 21.6. The fraction of sp³-hybridized carbons (Fsp3) is 0.368. The minimum Gasteiger partial charge on any atom is -0.481 e. The zero-order valence-corrected chi connectivity index (χ0v) is 15.6. The first-order chi connectivity index (χ1) is 12.6. The number of carbonyl (C=O) groups is 1. The number of carboxylic acid groups (broad SMARTS) is 1. The van der Waals surface area contributed by atoms with Crippen LogP contribution in [0.3, 0.4) is 0 Å². The van der Waals surface area contributed by atoms with Gasteiger partial charge in [0.05, 0.1) is 23.4 Å². The van der Waals surface area contributed by atoms with Crippen LogP contribution in [-0.2, 0) is 4.79 Å². The van der Waals surface area contributed by atoms with Crippen molar-refractivity contribution in [1.29, 1.82) is 0 Å². The van der Waals surface area contributed by atoms with Gasteiger partial charge in [-0.05, 0) is 25.1 Å². The number of aryl methyl sites for hydroxylation is 1. The number of hydrogen-bond acceptors (Lipinski definition) is 6. The molecule has 2 aliphatic heterocycles. The molecule has 0 amide bonds. The van der Waals surface area contributed by atoms with Crippen molar-refractivity contribution < 1.29 is 9.90 Å². The van der Waals surface area contributed by atoms with Crippen LogP contribution in [0.25, 0.3) is 0 Å². The predicted octanol–water partition coefficient (Wildman–Crippen LogP) is 3.28. The van der Waals surface area contributed by atoms with E-state index < -0.39 is 5.97 Å². The Bertz CT molecular complexity index is 853. The summed E-state index contributed by atoms with van der Waals surface area (Å²) in [6.45, 7) is 6.17. The summed E-state index contributed by atoms with van der Waals surface area (Å²) in [5.74, 6) is 0.279. The third-order valence-corrected chi connectivity index (χ3v) is 5.75. The summed E-state index contributed by atoms with van der Waals surface area (Å²) < 4.78 is 0. The average molecular weight is 370 g/mol. The summed E-state index contributed by atoms with van der Waals surface area (Å²) in [6.07, 6.45) is 0.201. The van der Waals surface area contributed by atoms with Gasteiger partial charge in [-0.1, -0.05) is 12.1 Å².